The zero-order chi connectivity index (χ0) is 19.7. The summed E-state index contributed by atoms with van der Waals surface area (Å²) >= 11 is 0. The van der Waals surface area contributed by atoms with Crippen LogP contribution in [0.5, 0.6) is 5.88 Å². The Morgan fingerprint density at radius 3 is 2.89 bits per heavy atom. The monoisotopic (exact) mass is 375 g/mol. The van der Waals surface area contributed by atoms with Crippen molar-refractivity contribution in [2.45, 2.75) is 19.4 Å². The molecule has 4 rings (SSSR count). The number of amides is 1. The maximum absolute atomic E-state index is 12.9. The predicted molar refractivity (Wildman–Crippen MR) is 99.7 cm³/mol. The van der Waals surface area contributed by atoms with Gasteiger partial charge in [0.25, 0.3) is 17.6 Å². The molecular formula is C20H17N5O3. The Hall–Kier alpha value is -3.73. The van der Waals surface area contributed by atoms with Crippen molar-refractivity contribution in [3.63, 3.8) is 0 Å². The molecule has 1 fully saturated rings. The number of rotatable bonds is 4. The third-order valence-corrected chi connectivity index (χ3v) is 4.80. The quantitative estimate of drug-likeness (QED) is 0.551. The predicted octanol–water partition coefficient (Wildman–Crippen LogP) is 2.00. The number of hydrogen-bond donors (Lipinski definition) is 1. The fraction of sp³-hybridized carbons (Fsp3) is 0.250. The molecule has 0 radical (unpaired) electrons. The van der Waals surface area contributed by atoms with Crippen LogP contribution < -0.4 is 4.74 Å². The SMILES string of the molecule is Cc1[nH]c2ccccc2c1C(=O)C(=O)N1CCC(Oc2nccnc2C#N)C1. The Bertz CT molecular complexity index is 1110. The molecule has 1 amide bonds. The lowest BCUT2D eigenvalue weighted by Gasteiger charge is -2.16. The Kier molecular flexibility index (Phi) is 4.49. The minimum atomic E-state index is -0.557. The number of nitriles is 1. The van der Waals surface area contributed by atoms with Crippen molar-refractivity contribution < 1.29 is 14.3 Å². The number of fused-ring (bicyclic) bond motifs is 1. The maximum Gasteiger partial charge on any atom is 0.295 e. The lowest BCUT2D eigenvalue weighted by molar-refractivity contribution is -0.125. The smallest absolute Gasteiger partial charge is 0.295 e. The zero-order valence-corrected chi connectivity index (χ0v) is 15.2. The highest BCUT2D eigenvalue weighted by Gasteiger charge is 2.33. The second-order valence-corrected chi connectivity index (χ2v) is 6.60. The average Bonchev–Trinajstić information content (AvgIpc) is 3.30. The van der Waals surface area contributed by atoms with Gasteiger partial charge in [0.05, 0.1) is 12.1 Å². The van der Waals surface area contributed by atoms with E-state index in [-0.39, 0.29) is 24.2 Å². The third-order valence-electron chi connectivity index (χ3n) is 4.80. The number of carbonyl (C=O) groups is 2. The normalized spacial score (nSPS) is 16.1. The second kappa shape index (κ2) is 7.12. The van der Waals surface area contributed by atoms with Crippen molar-refractivity contribution >= 4 is 22.6 Å². The molecule has 1 aliphatic rings. The van der Waals surface area contributed by atoms with Gasteiger partial charge < -0.3 is 14.6 Å². The first-order valence-corrected chi connectivity index (χ1v) is 8.87. The molecule has 1 saturated heterocycles. The van der Waals surface area contributed by atoms with Gasteiger partial charge in [-0.2, -0.15) is 5.26 Å². The van der Waals surface area contributed by atoms with Crippen LogP contribution in [0, 0.1) is 18.3 Å². The largest absolute Gasteiger partial charge is 0.470 e. The highest BCUT2D eigenvalue weighted by Crippen LogP contribution is 2.24. The molecule has 140 valence electrons. The van der Waals surface area contributed by atoms with Gasteiger partial charge >= 0.3 is 0 Å². The molecule has 8 nitrogen and oxygen atoms in total. The summed E-state index contributed by atoms with van der Waals surface area (Å²) in [5.41, 5.74) is 2.00. The zero-order valence-electron chi connectivity index (χ0n) is 15.2. The van der Waals surface area contributed by atoms with Crippen LogP contribution in [0.4, 0.5) is 0 Å². The molecule has 0 bridgehead atoms. The van der Waals surface area contributed by atoms with Gasteiger partial charge in [-0.1, -0.05) is 18.2 Å². The summed E-state index contributed by atoms with van der Waals surface area (Å²) in [5.74, 6) is -0.950. The number of carbonyl (C=O) groups excluding carboxylic acids is 2. The molecule has 1 N–H and O–H groups in total. The van der Waals surface area contributed by atoms with Gasteiger partial charge in [-0.05, 0) is 13.0 Å². The van der Waals surface area contributed by atoms with Gasteiger partial charge in [-0.15, -0.1) is 0 Å². The van der Waals surface area contributed by atoms with Gasteiger partial charge in [0, 0.05) is 42.0 Å². The first kappa shape index (κ1) is 17.7. The molecule has 3 heterocycles. The lowest BCUT2D eigenvalue weighted by Crippen LogP contribution is -2.36. The van der Waals surface area contributed by atoms with Crippen LogP contribution in [0.1, 0.15) is 28.2 Å². The molecule has 1 atom stereocenters. The van der Waals surface area contributed by atoms with Crippen molar-refractivity contribution in [3.8, 4) is 11.9 Å². The molecule has 1 aliphatic heterocycles. The van der Waals surface area contributed by atoms with E-state index in [1.807, 2.05) is 30.3 Å². The number of aryl methyl sites for hydroxylation is 1. The molecule has 0 spiro atoms. The van der Waals surface area contributed by atoms with Crippen molar-refractivity contribution in [1.29, 1.82) is 5.26 Å². The van der Waals surface area contributed by atoms with E-state index in [1.165, 1.54) is 17.3 Å². The molecular weight excluding hydrogens is 358 g/mol. The van der Waals surface area contributed by atoms with Gasteiger partial charge in [0.1, 0.15) is 12.2 Å². The second-order valence-electron chi connectivity index (χ2n) is 6.60. The number of Topliss-reactive ketones (excluding diaryl/α,β-unsaturated/α-hetero) is 1. The standard InChI is InChI=1S/C20H17N5O3/c1-12-17(14-4-2-3-5-15(14)24-12)18(26)20(27)25-9-6-13(11-25)28-19-16(10-21)22-7-8-23-19/h2-5,7-8,13,24H,6,9,11H2,1H3. The highest BCUT2D eigenvalue weighted by atomic mass is 16.5. The molecule has 0 saturated carbocycles. The van der Waals surface area contributed by atoms with Gasteiger partial charge in [-0.3, -0.25) is 9.59 Å². The minimum absolute atomic E-state index is 0.0952. The number of ether oxygens (including phenoxy) is 1. The van der Waals surface area contributed by atoms with Crippen LogP contribution in [-0.2, 0) is 4.79 Å². The fourth-order valence-electron chi connectivity index (χ4n) is 3.47. The Morgan fingerprint density at radius 2 is 2.07 bits per heavy atom. The van der Waals surface area contributed by atoms with E-state index in [9.17, 15) is 9.59 Å². The van der Waals surface area contributed by atoms with Crippen molar-refractivity contribution in [3.05, 3.63) is 53.6 Å². The van der Waals surface area contributed by atoms with Crippen molar-refractivity contribution in [2.75, 3.05) is 13.1 Å². The number of benzene rings is 1. The number of aromatic amines is 1. The molecule has 2 aromatic heterocycles. The van der Waals surface area contributed by atoms with E-state index in [1.54, 1.807) is 6.92 Å². The summed E-state index contributed by atoms with van der Waals surface area (Å²) in [7, 11) is 0. The maximum atomic E-state index is 12.9. The first-order valence-electron chi connectivity index (χ1n) is 8.87. The molecule has 1 aromatic carbocycles. The Balaban J connectivity index is 1.49. The molecule has 0 aliphatic carbocycles. The van der Waals surface area contributed by atoms with E-state index in [4.69, 9.17) is 10.00 Å². The first-order chi connectivity index (χ1) is 13.6. The van der Waals surface area contributed by atoms with Crippen LogP contribution in [0.25, 0.3) is 10.9 Å². The minimum Gasteiger partial charge on any atom is -0.470 e. The van der Waals surface area contributed by atoms with E-state index < -0.39 is 11.7 Å². The summed E-state index contributed by atoms with van der Waals surface area (Å²) in [6, 6.07) is 9.34. The number of H-pyrrole nitrogens is 1. The van der Waals surface area contributed by atoms with Crippen molar-refractivity contribution in [1.82, 2.24) is 19.9 Å². The molecule has 1 unspecified atom stereocenters. The summed E-state index contributed by atoms with van der Waals surface area (Å²) in [6.45, 7) is 2.44. The highest BCUT2D eigenvalue weighted by molar-refractivity contribution is 6.45. The number of aromatic nitrogens is 3. The van der Waals surface area contributed by atoms with Gasteiger partial charge in [0.2, 0.25) is 5.69 Å². The molecule has 8 heteroatoms. The fourth-order valence-corrected chi connectivity index (χ4v) is 3.47. The third kappa shape index (κ3) is 3.07. The molecule has 28 heavy (non-hydrogen) atoms. The van der Waals surface area contributed by atoms with E-state index >= 15 is 0 Å². The average molecular weight is 375 g/mol. The molecule has 3 aromatic rings. The summed E-state index contributed by atoms with van der Waals surface area (Å²) < 4.78 is 5.73. The lowest BCUT2D eigenvalue weighted by atomic mass is 10.1. The number of nitrogens with zero attached hydrogens (tertiary/aromatic N) is 4. The number of likely N-dealkylation sites (tertiary alicyclic amines) is 1. The topological polar surface area (TPSA) is 112 Å². The van der Waals surface area contributed by atoms with E-state index in [0.29, 0.717) is 24.2 Å². The summed E-state index contributed by atoms with van der Waals surface area (Å²) in [4.78, 5) is 38.2. The van der Waals surface area contributed by atoms with Gasteiger partial charge in [-0.25, -0.2) is 9.97 Å². The van der Waals surface area contributed by atoms with Crippen LogP contribution in [0.15, 0.2) is 36.7 Å². The Morgan fingerprint density at radius 1 is 1.29 bits per heavy atom. The number of para-hydroxylation sites is 1. The number of nitrogens with one attached hydrogen (secondary N) is 1. The number of ketones is 1. The van der Waals surface area contributed by atoms with Crippen LogP contribution in [0.2, 0.25) is 0 Å². The van der Waals surface area contributed by atoms with Crippen LogP contribution in [-0.4, -0.2) is 50.7 Å². The van der Waals surface area contributed by atoms with Crippen molar-refractivity contribution in [2.24, 2.45) is 0 Å². The number of hydrogen-bond acceptors (Lipinski definition) is 6. The van der Waals surface area contributed by atoms with Crippen LogP contribution >= 0.6 is 0 Å². The van der Waals surface area contributed by atoms with E-state index in [2.05, 4.69) is 15.0 Å². The summed E-state index contributed by atoms with van der Waals surface area (Å²) in [6.07, 6.45) is 3.06. The van der Waals surface area contributed by atoms with E-state index in [0.717, 1.165) is 10.9 Å². The van der Waals surface area contributed by atoms with Gasteiger partial charge in [0.15, 0.2) is 0 Å². The Labute approximate surface area is 160 Å². The summed E-state index contributed by atoms with van der Waals surface area (Å²) in [5, 5.41) is 9.82. The van der Waals surface area contributed by atoms with Crippen LogP contribution in [0.3, 0.4) is 0 Å².